The molecule has 1 aromatic carbocycles. The molecule has 2 rings (SSSR count). The highest BCUT2D eigenvalue weighted by Gasteiger charge is 2.04. The van der Waals surface area contributed by atoms with Crippen molar-refractivity contribution >= 4 is 5.69 Å². The molecule has 0 aliphatic heterocycles. The summed E-state index contributed by atoms with van der Waals surface area (Å²) in [5, 5.41) is 0. The van der Waals surface area contributed by atoms with Gasteiger partial charge in [0.05, 0.1) is 6.54 Å². The lowest BCUT2D eigenvalue weighted by Gasteiger charge is -2.05. The van der Waals surface area contributed by atoms with Crippen molar-refractivity contribution in [1.82, 2.24) is 9.13 Å². The number of hydrogen-bond acceptors (Lipinski definition) is 2. The van der Waals surface area contributed by atoms with Gasteiger partial charge in [0.1, 0.15) is 0 Å². The number of nitrogens with zero attached hydrogens (tertiary/aromatic N) is 2. The lowest BCUT2D eigenvalue weighted by atomic mass is 10.2. The van der Waals surface area contributed by atoms with Crippen LogP contribution in [0.2, 0.25) is 0 Å². The Labute approximate surface area is 93.9 Å². The third-order valence-electron chi connectivity index (χ3n) is 2.65. The second-order valence-corrected chi connectivity index (χ2v) is 3.69. The third-order valence-corrected chi connectivity index (χ3v) is 2.65. The average Bonchev–Trinajstić information content (AvgIpc) is 2.63. The molecule has 16 heavy (non-hydrogen) atoms. The molecule has 0 radical (unpaired) electrons. The quantitative estimate of drug-likeness (QED) is 0.788. The Morgan fingerprint density at radius 3 is 2.50 bits per heavy atom. The lowest BCUT2D eigenvalue weighted by Crippen LogP contribution is -2.24. The molecule has 84 valence electrons. The van der Waals surface area contributed by atoms with Crippen LogP contribution in [-0.2, 0) is 13.1 Å². The molecule has 2 aromatic rings. The fourth-order valence-corrected chi connectivity index (χ4v) is 1.68. The first-order chi connectivity index (χ1) is 7.72. The smallest absolute Gasteiger partial charge is 0.328 e. The minimum absolute atomic E-state index is 0.00533. The molecule has 0 aliphatic rings. The zero-order valence-corrected chi connectivity index (χ0v) is 9.26. The molecule has 0 bridgehead atoms. The van der Waals surface area contributed by atoms with E-state index >= 15 is 0 Å². The van der Waals surface area contributed by atoms with Gasteiger partial charge in [-0.1, -0.05) is 18.2 Å². The molecule has 0 spiro atoms. The van der Waals surface area contributed by atoms with Crippen LogP contribution in [0.5, 0.6) is 0 Å². The Kier molecular flexibility index (Phi) is 2.81. The minimum atomic E-state index is 0.00533. The van der Waals surface area contributed by atoms with E-state index in [1.807, 2.05) is 31.2 Å². The van der Waals surface area contributed by atoms with E-state index in [0.29, 0.717) is 13.1 Å². The van der Waals surface area contributed by atoms with Gasteiger partial charge in [0.15, 0.2) is 0 Å². The van der Waals surface area contributed by atoms with E-state index in [1.54, 1.807) is 21.5 Å². The highest BCUT2D eigenvalue weighted by atomic mass is 16.1. The van der Waals surface area contributed by atoms with Crippen molar-refractivity contribution in [3.05, 3.63) is 52.7 Å². The summed E-state index contributed by atoms with van der Waals surface area (Å²) in [6, 6.07) is 7.59. The Hall–Kier alpha value is -1.97. The van der Waals surface area contributed by atoms with Crippen molar-refractivity contribution in [1.29, 1.82) is 0 Å². The van der Waals surface area contributed by atoms with Gasteiger partial charge < -0.3 is 5.73 Å². The molecule has 4 nitrogen and oxygen atoms in total. The molecule has 1 aromatic heterocycles. The topological polar surface area (TPSA) is 52.9 Å². The zero-order chi connectivity index (χ0) is 11.5. The maximum Gasteiger partial charge on any atom is 0.328 e. The van der Waals surface area contributed by atoms with E-state index in [2.05, 4.69) is 0 Å². The van der Waals surface area contributed by atoms with Crippen LogP contribution < -0.4 is 11.4 Å². The predicted octanol–water partition coefficient (Wildman–Crippen LogP) is 1.30. The van der Waals surface area contributed by atoms with Gasteiger partial charge in [-0.2, -0.15) is 0 Å². The number of imidazole rings is 1. The molecule has 0 amide bonds. The number of nitrogen functional groups attached to an aromatic ring is 1. The lowest BCUT2D eigenvalue weighted by molar-refractivity contribution is 0.669. The number of aryl methyl sites for hydroxylation is 1. The summed E-state index contributed by atoms with van der Waals surface area (Å²) < 4.78 is 3.33. The molecule has 1 heterocycles. The summed E-state index contributed by atoms with van der Waals surface area (Å²) in [4.78, 5) is 11.8. The first-order valence-corrected chi connectivity index (χ1v) is 5.31. The number of benzene rings is 1. The highest BCUT2D eigenvalue weighted by Crippen LogP contribution is 2.11. The second kappa shape index (κ2) is 4.26. The second-order valence-electron chi connectivity index (χ2n) is 3.69. The average molecular weight is 217 g/mol. The molecular formula is C12H15N3O. The van der Waals surface area contributed by atoms with Crippen molar-refractivity contribution in [2.24, 2.45) is 0 Å². The van der Waals surface area contributed by atoms with Crippen LogP contribution in [0, 0.1) is 0 Å². The van der Waals surface area contributed by atoms with E-state index < -0.39 is 0 Å². The maximum absolute atomic E-state index is 11.8. The van der Waals surface area contributed by atoms with Crippen LogP contribution in [0.3, 0.4) is 0 Å². The monoisotopic (exact) mass is 217 g/mol. The van der Waals surface area contributed by atoms with Crippen LogP contribution in [0.4, 0.5) is 5.69 Å². The van der Waals surface area contributed by atoms with Gasteiger partial charge in [-0.15, -0.1) is 0 Å². The SMILES string of the molecule is CCn1ccn(Cc2ccccc2N)c1=O. The molecular weight excluding hydrogens is 202 g/mol. The van der Waals surface area contributed by atoms with Gasteiger partial charge in [-0.25, -0.2) is 4.79 Å². The first kappa shape index (κ1) is 10.5. The molecule has 0 atom stereocenters. The van der Waals surface area contributed by atoms with Crippen molar-refractivity contribution in [2.45, 2.75) is 20.0 Å². The first-order valence-electron chi connectivity index (χ1n) is 5.31. The largest absolute Gasteiger partial charge is 0.398 e. The van der Waals surface area contributed by atoms with E-state index in [0.717, 1.165) is 11.3 Å². The number of anilines is 1. The summed E-state index contributed by atoms with van der Waals surface area (Å²) in [5.74, 6) is 0. The fourth-order valence-electron chi connectivity index (χ4n) is 1.68. The molecule has 0 saturated carbocycles. The third kappa shape index (κ3) is 1.86. The van der Waals surface area contributed by atoms with E-state index in [9.17, 15) is 4.79 Å². The highest BCUT2D eigenvalue weighted by molar-refractivity contribution is 5.46. The minimum Gasteiger partial charge on any atom is -0.398 e. The summed E-state index contributed by atoms with van der Waals surface area (Å²) in [6.45, 7) is 3.16. The number of nitrogens with two attached hydrogens (primary N) is 1. The maximum atomic E-state index is 11.8. The molecule has 0 saturated heterocycles. The van der Waals surface area contributed by atoms with Crippen LogP contribution in [-0.4, -0.2) is 9.13 Å². The summed E-state index contributed by atoms with van der Waals surface area (Å²) in [7, 11) is 0. The standard InChI is InChI=1S/C12H15N3O/c1-2-14-7-8-15(12(14)16)9-10-5-3-4-6-11(10)13/h3-8H,2,9,13H2,1H3. The Bertz CT molecular complexity index is 539. The molecule has 4 heteroatoms. The normalized spacial score (nSPS) is 10.6. The van der Waals surface area contributed by atoms with E-state index in [1.165, 1.54) is 0 Å². The van der Waals surface area contributed by atoms with Gasteiger partial charge in [-0.3, -0.25) is 9.13 Å². The molecule has 0 aliphatic carbocycles. The van der Waals surface area contributed by atoms with Crippen molar-refractivity contribution < 1.29 is 0 Å². The van der Waals surface area contributed by atoms with Gasteiger partial charge in [0.2, 0.25) is 0 Å². The van der Waals surface area contributed by atoms with Gasteiger partial charge >= 0.3 is 5.69 Å². The van der Waals surface area contributed by atoms with Crippen LogP contribution >= 0.6 is 0 Å². The number of aromatic nitrogens is 2. The molecule has 2 N–H and O–H groups in total. The van der Waals surface area contributed by atoms with E-state index in [-0.39, 0.29) is 5.69 Å². The van der Waals surface area contributed by atoms with E-state index in [4.69, 9.17) is 5.73 Å². The molecule has 0 unspecified atom stereocenters. The van der Waals surface area contributed by atoms with Crippen LogP contribution in [0.15, 0.2) is 41.5 Å². The van der Waals surface area contributed by atoms with Gasteiger partial charge in [0, 0.05) is 24.6 Å². The number of hydrogen-bond donors (Lipinski definition) is 1. The van der Waals surface area contributed by atoms with Crippen molar-refractivity contribution in [3.8, 4) is 0 Å². The Morgan fingerprint density at radius 2 is 1.88 bits per heavy atom. The summed E-state index contributed by atoms with van der Waals surface area (Å²) in [5.41, 5.74) is 7.53. The van der Waals surface area contributed by atoms with Crippen LogP contribution in [0.25, 0.3) is 0 Å². The fraction of sp³-hybridized carbons (Fsp3) is 0.250. The number of rotatable bonds is 3. The summed E-state index contributed by atoms with van der Waals surface area (Å²) in [6.07, 6.45) is 3.58. The van der Waals surface area contributed by atoms with Crippen molar-refractivity contribution in [2.75, 3.05) is 5.73 Å². The summed E-state index contributed by atoms with van der Waals surface area (Å²) >= 11 is 0. The Balaban J connectivity index is 2.31. The van der Waals surface area contributed by atoms with Crippen molar-refractivity contribution in [3.63, 3.8) is 0 Å². The molecule has 0 fully saturated rings. The Morgan fingerprint density at radius 1 is 1.19 bits per heavy atom. The van der Waals surface area contributed by atoms with Gasteiger partial charge in [-0.05, 0) is 18.6 Å². The van der Waals surface area contributed by atoms with Gasteiger partial charge in [0.25, 0.3) is 0 Å². The zero-order valence-electron chi connectivity index (χ0n) is 9.26. The number of para-hydroxylation sites is 1. The predicted molar refractivity (Wildman–Crippen MR) is 64.3 cm³/mol. The van der Waals surface area contributed by atoms with Crippen LogP contribution in [0.1, 0.15) is 12.5 Å².